The van der Waals surface area contributed by atoms with Gasteiger partial charge in [-0.15, -0.1) is 0 Å². The lowest BCUT2D eigenvalue weighted by atomic mass is 10.2. The summed E-state index contributed by atoms with van der Waals surface area (Å²) in [5, 5.41) is 8.56. The van der Waals surface area contributed by atoms with E-state index in [4.69, 9.17) is 5.26 Å². The second-order valence-corrected chi connectivity index (χ2v) is 3.24. The van der Waals surface area contributed by atoms with Crippen LogP contribution < -0.4 is 0 Å². The molecule has 1 aromatic carbocycles. The summed E-state index contributed by atoms with van der Waals surface area (Å²) in [5.74, 6) is -1.09. The summed E-state index contributed by atoms with van der Waals surface area (Å²) in [7, 11) is 0. The Kier molecular flexibility index (Phi) is 2.41. The monoisotopic (exact) mass is 219 g/mol. The molecule has 0 saturated heterocycles. The molecule has 2 aromatic rings. The molecule has 2 rings (SSSR count). The van der Waals surface area contributed by atoms with Crippen LogP contribution in [0.3, 0.4) is 0 Å². The highest BCUT2D eigenvalue weighted by atomic mass is 19.1. The SMILES string of the molecule is Cc1nccn1-c1c(F)cc(C#N)cc1F. The predicted molar refractivity (Wildman–Crippen MR) is 52.9 cm³/mol. The van der Waals surface area contributed by atoms with Gasteiger partial charge in [0.2, 0.25) is 0 Å². The molecule has 1 aromatic heterocycles. The Hall–Kier alpha value is -2.22. The van der Waals surface area contributed by atoms with E-state index in [1.54, 1.807) is 13.0 Å². The largest absolute Gasteiger partial charge is 0.299 e. The Morgan fingerprint density at radius 1 is 1.31 bits per heavy atom. The normalized spacial score (nSPS) is 10.1. The van der Waals surface area contributed by atoms with E-state index < -0.39 is 11.6 Å². The topological polar surface area (TPSA) is 41.6 Å². The van der Waals surface area contributed by atoms with Crippen molar-refractivity contribution in [3.8, 4) is 11.8 Å². The van der Waals surface area contributed by atoms with Gasteiger partial charge in [0, 0.05) is 12.4 Å². The number of benzene rings is 1. The molecule has 0 bridgehead atoms. The van der Waals surface area contributed by atoms with Gasteiger partial charge in [0.15, 0.2) is 11.6 Å². The van der Waals surface area contributed by atoms with Gasteiger partial charge >= 0.3 is 0 Å². The quantitative estimate of drug-likeness (QED) is 0.738. The lowest BCUT2D eigenvalue weighted by molar-refractivity contribution is 0.566. The molecule has 0 aliphatic heterocycles. The Morgan fingerprint density at radius 2 is 1.94 bits per heavy atom. The highest BCUT2D eigenvalue weighted by Crippen LogP contribution is 2.20. The first kappa shape index (κ1) is 10.3. The van der Waals surface area contributed by atoms with Crippen LogP contribution in [0.25, 0.3) is 5.69 Å². The maximum atomic E-state index is 13.6. The van der Waals surface area contributed by atoms with Gasteiger partial charge in [-0.05, 0) is 19.1 Å². The summed E-state index contributed by atoms with van der Waals surface area (Å²) in [6.45, 7) is 1.64. The van der Waals surface area contributed by atoms with Gasteiger partial charge in [0.1, 0.15) is 11.5 Å². The van der Waals surface area contributed by atoms with Crippen LogP contribution in [0.1, 0.15) is 11.4 Å². The number of hydrogen-bond donors (Lipinski definition) is 0. The van der Waals surface area contributed by atoms with Gasteiger partial charge in [-0.2, -0.15) is 5.26 Å². The van der Waals surface area contributed by atoms with Crippen molar-refractivity contribution in [1.29, 1.82) is 5.26 Å². The summed E-state index contributed by atoms with van der Waals surface area (Å²) < 4.78 is 28.5. The van der Waals surface area contributed by atoms with E-state index in [2.05, 4.69) is 4.98 Å². The molecule has 0 aliphatic carbocycles. The van der Waals surface area contributed by atoms with E-state index in [1.807, 2.05) is 0 Å². The minimum absolute atomic E-state index is 0.0449. The molecule has 0 saturated carbocycles. The molecule has 3 nitrogen and oxygen atoms in total. The van der Waals surface area contributed by atoms with E-state index in [0.717, 1.165) is 12.1 Å². The summed E-state index contributed by atoms with van der Waals surface area (Å²) in [4.78, 5) is 3.88. The van der Waals surface area contributed by atoms with Crippen LogP contribution in [-0.4, -0.2) is 9.55 Å². The lowest BCUT2D eigenvalue weighted by Crippen LogP contribution is -2.03. The molecule has 16 heavy (non-hydrogen) atoms. The summed E-state index contributed by atoms with van der Waals surface area (Å²) in [6.07, 6.45) is 2.91. The molecule has 0 N–H and O–H groups in total. The maximum Gasteiger partial charge on any atom is 0.151 e. The van der Waals surface area contributed by atoms with Crippen molar-refractivity contribution < 1.29 is 8.78 Å². The fourth-order valence-electron chi connectivity index (χ4n) is 1.47. The average Bonchev–Trinajstić information content (AvgIpc) is 2.64. The van der Waals surface area contributed by atoms with Crippen LogP contribution in [0, 0.1) is 29.9 Å². The molecule has 0 amide bonds. The van der Waals surface area contributed by atoms with E-state index in [-0.39, 0.29) is 11.3 Å². The zero-order chi connectivity index (χ0) is 11.7. The lowest BCUT2D eigenvalue weighted by Gasteiger charge is -2.07. The van der Waals surface area contributed by atoms with Crippen LogP contribution in [-0.2, 0) is 0 Å². The first-order valence-corrected chi connectivity index (χ1v) is 4.53. The molecule has 0 radical (unpaired) electrons. The Bertz CT molecular complexity index is 558. The summed E-state index contributed by atoms with van der Waals surface area (Å²) in [5.41, 5.74) is -0.259. The molecule has 80 valence electrons. The summed E-state index contributed by atoms with van der Waals surface area (Å²) in [6, 6.07) is 3.69. The molecular weight excluding hydrogens is 212 g/mol. The summed E-state index contributed by atoms with van der Waals surface area (Å²) >= 11 is 0. The minimum Gasteiger partial charge on any atom is -0.299 e. The third kappa shape index (κ3) is 1.54. The molecular formula is C11H7F2N3. The van der Waals surface area contributed by atoms with E-state index in [1.165, 1.54) is 17.0 Å². The molecule has 0 unspecified atom stereocenters. The van der Waals surface area contributed by atoms with Crippen molar-refractivity contribution in [2.24, 2.45) is 0 Å². The first-order valence-electron chi connectivity index (χ1n) is 4.53. The number of nitrogens with zero attached hydrogens (tertiary/aromatic N) is 3. The first-order chi connectivity index (χ1) is 7.63. The molecule has 1 heterocycles. The number of aryl methyl sites for hydroxylation is 1. The third-order valence-corrected chi connectivity index (χ3v) is 2.21. The van der Waals surface area contributed by atoms with Crippen molar-refractivity contribution in [1.82, 2.24) is 9.55 Å². The van der Waals surface area contributed by atoms with Gasteiger partial charge in [-0.25, -0.2) is 13.8 Å². The minimum atomic E-state index is -0.780. The predicted octanol–water partition coefficient (Wildman–Crippen LogP) is 2.33. The van der Waals surface area contributed by atoms with Gasteiger partial charge < -0.3 is 0 Å². The van der Waals surface area contributed by atoms with Gasteiger partial charge in [0.05, 0.1) is 11.6 Å². The van der Waals surface area contributed by atoms with Crippen molar-refractivity contribution in [2.45, 2.75) is 6.92 Å². The highest BCUT2D eigenvalue weighted by molar-refractivity contribution is 5.43. The van der Waals surface area contributed by atoms with Gasteiger partial charge in [-0.3, -0.25) is 4.57 Å². The van der Waals surface area contributed by atoms with Crippen molar-refractivity contribution in [3.63, 3.8) is 0 Å². The number of hydrogen-bond acceptors (Lipinski definition) is 2. The number of halogens is 2. The zero-order valence-electron chi connectivity index (χ0n) is 8.41. The number of imidazole rings is 1. The highest BCUT2D eigenvalue weighted by Gasteiger charge is 2.14. The van der Waals surface area contributed by atoms with Crippen LogP contribution in [0.5, 0.6) is 0 Å². The number of aromatic nitrogens is 2. The van der Waals surface area contributed by atoms with E-state index in [0.29, 0.717) is 5.82 Å². The fourth-order valence-corrected chi connectivity index (χ4v) is 1.47. The Morgan fingerprint density at radius 3 is 2.38 bits per heavy atom. The van der Waals surface area contributed by atoms with Crippen molar-refractivity contribution in [2.75, 3.05) is 0 Å². The number of rotatable bonds is 1. The Labute approximate surface area is 90.6 Å². The molecule has 0 aliphatic rings. The average molecular weight is 219 g/mol. The van der Waals surface area contributed by atoms with E-state index in [9.17, 15) is 8.78 Å². The van der Waals surface area contributed by atoms with Gasteiger partial charge in [0.25, 0.3) is 0 Å². The second-order valence-electron chi connectivity index (χ2n) is 3.24. The molecule has 0 spiro atoms. The van der Waals surface area contributed by atoms with Crippen LogP contribution in [0.4, 0.5) is 8.78 Å². The molecule has 0 atom stereocenters. The fraction of sp³-hybridized carbons (Fsp3) is 0.0909. The van der Waals surface area contributed by atoms with E-state index >= 15 is 0 Å². The number of nitriles is 1. The van der Waals surface area contributed by atoms with Crippen molar-refractivity contribution >= 4 is 0 Å². The van der Waals surface area contributed by atoms with Crippen LogP contribution >= 0.6 is 0 Å². The van der Waals surface area contributed by atoms with Crippen LogP contribution in [0.15, 0.2) is 24.5 Å². The van der Waals surface area contributed by atoms with Gasteiger partial charge in [-0.1, -0.05) is 0 Å². The molecule has 0 fully saturated rings. The second kappa shape index (κ2) is 3.74. The standard InChI is InChI=1S/C11H7F2N3/c1-7-15-2-3-16(7)11-9(12)4-8(6-14)5-10(11)13/h2-5H,1H3. The third-order valence-electron chi connectivity index (χ3n) is 2.21. The van der Waals surface area contributed by atoms with Crippen molar-refractivity contribution in [3.05, 3.63) is 47.5 Å². The Balaban J connectivity index is 2.68. The molecule has 5 heteroatoms. The zero-order valence-corrected chi connectivity index (χ0v) is 8.41. The van der Waals surface area contributed by atoms with Crippen LogP contribution in [0.2, 0.25) is 0 Å². The maximum absolute atomic E-state index is 13.6. The smallest absolute Gasteiger partial charge is 0.151 e.